The summed E-state index contributed by atoms with van der Waals surface area (Å²) in [5.41, 5.74) is 1.40. The van der Waals surface area contributed by atoms with Crippen molar-refractivity contribution in [2.45, 2.75) is 18.6 Å². The molecule has 7 heteroatoms. The van der Waals surface area contributed by atoms with Crippen LogP contribution >= 0.6 is 11.8 Å². The Morgan fingerprint density at radius 3 is 2.47 bits per heavy atom. The molecule has 4 N–H and O–H groups in total. The molecular weight excluding hydrogens is 272 g/mol. The van der Waals surface area contributed by atoms with Gasteiger partial charge >= 0.3 is 0 Å². The molecule has 19 heavy (non-hydrogen) atoms. The molecule has 0 fully saturated rings. The average Bonchev–Trinajstić information content (AvgIpc) is 2.37. The Morgan fingerprint density at radius 2 is 2.00 bits per heavy atom. The normalized spacial score (nSPS) is 12.1. The first kappa shape index (κ1) is 15.7. The van der Waals surface area contributed by atoms with Crippen molar-refractivity contribution in [2.24, 2.45) is 5.84 Å². The molecule has 0 spiro atoms. The van der Waals surface area contributed by atoms with Crippen molar-refractivity contribution < 1.29 is 13.6 Å². The van der Waals surface area contributed by atoms with Gasteiger partial charge in [-0.1, -0.05) is 6.92 Å². The molecule has 0 aliphatic rings. The van der Waals surface area contributed by atoms with Crippen molar-refractivity contribution in [1.29, 1.82) is 0 Å². The summed E-state index contributed by atoms with van der Waals surface area (Å²) in [6.07, 6.45) is 2.77. The third kappa shape index (κ3) is 4.36. The minimum atomic E-state index is -0.898. The van der Waals surface area contributed by atoms with Gasteiger partial charge in [-0.25, -0.2) is 8.78 Å². The lowest BCUT2D eigenvalue weighted by Crippen LogP contribution is -2.26. The standard InChI is InChI=1S/C12H17F2N3OS/c1-7(19-2)3-4-16-12(18)8-5-9(13)11(17-15)10(14)6-8/h5-7,17H,3-4,15H2,1-2H3,(H,16,18). The fraction of sp³-hybridized carbons (Fsp3) is 0.417. The van der Waals surface area contributed by atoms with Crippen LogP contribution in [0.15, 0.2) is 12.1 Å². The minimum absolute atomic E-state index is 0.0641. The van der Waals surface area contributed by atoms with E-state index in [0.717, 1.165) is 18.6 Å². The van der Waals surface area contributed by atoms with Crippen LogP contribution < -0.4 is 16.6 Å². The van der Waals surface area contributed by atoms with E-state index in [1.54, 1.807) is 11.8 Å². The smallest absolute Gasteiger partial charge is 0.251 e. The molecule has 0 bridgehead atoms. The van der Waals surface area contributed by atoms with Gasteiger partial charge in [0.1, 0.15) is 5.69 Å². The average molecular weight is 289 g/mol. The largest absolute Gasteiger partial charge is 0.352 e. The zero-order valence-electron chi connectivity index (χ0n) is 10.8. The van der Waals surface area contributed by atoms with Crippen molar-refractivity contribution in [1.82, 2.24) is 5.32 Å². The number of nitrogen functional groups attached to an aromatic ring is 1. The number of nitrogens with one attached hydrogen (secondary N) is 2. The fourth-order valence-corrected chi connectivity index (χ4v) is 1.80. The summed E-state index contributed by atoms with van der Waals surface area (Å²) in [4.78, 5) is 11.7. The second kappa shape index (κ2) is 7.30. The number of hydrogen-bond donors (Lipinski definition) is 3. The van der Waals surface area contributed by atoms with Crippen LogP contribution in [0, 0.1) is 11.6 Å². The van der Waals surface area contributed by atoms with E-state index in [-0.39, 0.29) is 5.56 Å². The van der Waals surface area contributed by atoms with Gasteiger partial charge in [0.05, 0.1) is 0 Å². The van der Waals surface area contributed by atoms with Gasteiger partial charge in [0.15, 0.2) is 11.6 Å². The molecular formula is C12H17F2N3OS. The van der Waals surface area contributed by atoms with Gasteiger partial charge in [-0.2, -0.15) is 11.8 Å². The molecule has 1 rings (SSSR count). The molecule has 0 saturated heterocycles. The molecule has 0 saturated carbocycles. The first-order valence-corrected chi connectivity index (χ1v) is 7.05. The second-order valence-corrected chi connectivity index (χ2v) is 5.33. The van der Waals surface area contributed by atoms with Crippen LogP contribution in [0.3, 0.4) is 0 Å². The highest BCUT2D eigenvalue weighted by atomic mass is 32.2. The molecule has 1 aromatic carbocycles. The van der Waals surface area contributed by atoms with E-state index in [0.29, 0.717) is 11.8 Å². The van der Waals surface area contributed by atoms with Crippen LogP contribution in [-0.2, 0) is 0 Å². The number of halogens is 2. The molecule has 0 aliphatic heterocycles. The second-order valence-electron chi connectivity index (χ2n) is 4.05. The monoisotopic (exact) mass is 289 g/mol. The van der Waals surface area contributed by atoms with Crippen molar-refractivity contribution in [3.63, 3.8) is 0 Å². The maximum absolute atomic E-state index is 13.4. The molecule has 1 aromatic rings. The molecule has 1 amide bonds. The Kier molecular flexibility index (Phi) is 6.04. The van der Waals surface area contributed by atoms with E-state index in [1.165, 1.54) is 0 Å². The minimum Gasteiger partial charge on any atom is -0.352 e. The number of thioether (sulfide) groups is 1. The quantitative estimate of drug-likeness (QED) is 0.554. The summed E-state index contributed by atoms with van der Waals surface area (Å²) < 4.78 is 26.8. The first-order valence-electron chi connectivity index (χ1n) is 5.76. The molecule has 106 valence electrons. The predicted octanol–water partition coefficient (Wildman–Crippen LogP) is 2.12. The van der Waals surface area contributed by atoms with Crippen LogP contribution in [0.25, 0.3) is 0 Å². The highest BCUT2D eigenvalue weighted by Crippen LogP contribution is 2.19. The zero-order chi connectivity index (χ0) is 14.4. The van der Waals surface area contributed by atoms with Crippen molar-refractivity contribution in [3.05, 3.63) is 29.3 Å². The maximum Gasteiger partial charge on any atom is 0.251 e. The lowest BCUT2D eigenvalue weighted by molar-refractivity contribution is 0.0952. The Balaban J connectivity index is 2.68. The number of hydrogen-bond acceptors (Lipinski definition) is 4. The topological polar surface area (TPSA) is 67.2 Å². The van der Waals surface area contributed by atoms with Gasteiger partial charge in [-0.15, -0.1) is 0 Å². The fourth-order valence-electron chi connectivity index (χ4n) is 1.45. The Bertz CT molecular complexity index is 434. The number of hydrazine groups is 1. The van der Waals surface area contributed by atoms with Gasteiger partial charge < -0.3 is 10.7 Å². The van der Waals surface area contributed by atoms with E-state index in [2.05, 4.69) is 5.32 Å². The number of rotatable bonds is 6. The van der Waals surface area contributed by atoms with Gasteiger partial charge in [-0.3, -0.25) is 10.6 Å². The lowest BCUT2D eigenvalue weighted by atomic mass is 10.1. The van der Waals surface area contributed by atoms with E-state index >= 15 is 0 Å². The summed E-state index contributed by atoms with van der Waals surface area (Å²) in [6, 6.07) is 1.90. The summed E-state index contributed by atoms with van der Waals surface area (Å²) in [5.74, 6) is 2.67. The molecule has 0 aromatic heterocycles. The highest BCUT2D eigenvalue weighted by Gasteiger charge is 2.14. The molecule has 0 heterocycles. The Labute approximate surface area is 115 Å². The first-order chi connectivity index (χ1) is 8.99. The number of carbonyl (C=O) groups is 1. The number of anilines is 1. The van der Waals surface area contributed by atoms with Crippen molar-refractivity contribution >= 4 is 23.4 Å². The molecule has 0 aliphatic carbocycles. The third-order valence-electron chi connectivity index (χ3n) is 2.69. The molecule has 4 nitrogen and oxygen atoms in total. The summed E-state index contributed by atoms with van der Waals surface area (Å²) >= 11 is 1.69. The van der Waals surface area contributed by atoms with Gasteiger partial charge in [0.2, 0.25) is 0 Å². The highest BCUT2D eigenvalue weighted by molar-refractivity contribution is 7.99. The predicted molar refractivity (Wildman–Crippen MR) is 74.1 cm³/mol. The van der Waals surface area contributed by atoms with Crippen LogP contribution in [-0.4, -0.2) is 24.0 Å². The Hall–Kier alpha value is -1.34. The number of nitrogens with two attached hydrogens (primary N) is 1. The summed E-state index contributed by atoms with van der Waals surface area (Å²) in [5, 5.41) is 3.03. The molecule has 1 atom stereocenters. The molecule has 1 unspecified atom stereocenters. The number of carbonyl (C=O) groups excluding carboxylic acids is 1. The van der Waals surface area contributed by atoms with Crippen LogP contribution in [0.4, 0.5) is 14.5 Å². The van der Waals surface area contributed by atoms with Crippen LogP contribution in [0.5, 0.6) is 0 Å². The number of amides is 1. The van der Waals surface area contributed by atoms with E-state index in [9.17, 15) is 13.6 Å². The summed E-state index contributed by atoms with van der Waals surface area (Å²) in [7, 11) is 0. The lowest BCUT2D eigenvalue weighted by Gasteiger charge is -2.10. The Morgan fingerprint density at radius 1 is 1.42 bits per heavy atom. The zero-order valence-corrected chi connectivity index (χ0v) is 11.6. The van der Waals surface area contributed by atoms with Crippen LogP contribution in [0.2, 0.25) is 0 Å². The molecule has 0 radical (unpaired) electrons. The van der Waals surface area contributed by atoms with Crippen LogP contribution in [0.1, 0.15) is 23.7 Å². The number of benzene rings is 1. The van der Waals surface area contributed by atoms with E-state index < -0.39 is 23.2 Å². The van der Waals surface area contributed by atoms with Gasteiger partial charge in [-0.05, 0) is 24.8 Å². The van der Waals surface area contributed by atoms with E-state index in [4.69, 9.17) is 5.84 Å². The van der Waals surface area contributed by atoms with Crippen molar-refractivity contribution in [3.8, 4) is 0 Å². The third-order valence-corrected chi connectivity index (χ3v) is 3.73. The van der Waals surface area contributed by atoms with E-state index in [1.807, 2.05) is 18.6 Å². The van der Waals surface area contributed by atoms with Gasteiger partial charge in [0.25, 0.3) is 5.91 Å². The van der Waals surface area contributed by atoms with Crippen molar-refractivity contribution in [2.75, 3.05) is 18.2 Å². The maximum atomic E-state index is 13.4. The SMILES string of the molecule is CSC(C)CCNC(=O)c1cc(F)c(NN)c(F)c1. The summed E-state index contributed by atoms with van der Waals surface area (Å²) in [6.45, 7) is 2.50. The van der Waals surface area contributed by atoms with Gasteiger partial charge in [0, 0.05) is 17.4 Å².